The lowest BCUT2D eigenvalue weighted by Gasteiger charge is -2.11. The maximum absolute atomic E-state index is 12.1. The predicted molar refractivity (Wildman–Crippen MR) is 103 cm³/mol. The average molecular weight is 360 g/mol. The van der Waals surface area contributed by atoms with Crippen LogP contribution < -0.4 is 14.8 Å². The summed E-state index contributed by atoms with van der Waals surface area (Å²) in [5.41, 5.74) is 2.50. The van der Waals surface area contributed by atoms with Crippen LogP contribution in [0.2, 0.25) is 5.02 Å². The van der Waals surface area contributed by atoms with E-state index in [1.54, 1.807) is 18.2 Å². The molecular formula is C20H22ClNO3. The van der Waals surface area contributed by atoms with E-state index >= 15 is 0 Å². The summed E-state index contributed by atoms with van der Waals surface area (Å²) in [4.78, 5) is 12.1. The third-order valence-electron chi connectivity index (χ3n) is 3.44. The highest BCUT2D eigenvalue weighted by atomic mass is 35.5. The van der Waals surface area contributed by atoms with Crippen LogP contribution in [0.5, 0.6) is 11.5 Å². The summed E-state index contributed by atoms with van der Waals surface area (Å²) in [6.07, 6.45) is 3.22. The maximum atomic E-state index is 12.1. The molecule has 0 atom stereocenters. The minimum atomic E-state index is -0.211. The summed E-state index contributed by atoms with van der Waals surface area (Å²) in [6, 6.07) is 10.9. The molecule has 0 aromatic heterocycles. The first kappa shape index (κ1) is 18.9. The van der Waals surface area contributed by atoms with Gasteiger partial charge in [0.2, 0.25) is 5.91 Å². The molecule has 0 radical (unpaired) electrons. The van der Waals surface area contributed by atoms with E-state index in [1.165, 1.54) is 6.08 Å². The number of rotatable bonds is 7. The summed E-state index contributed by atoms with van der Waals surface area (Å²) in [5, 5.41) is 3.48. The van der Waals surface area contributed by atoms with Crippen molar-refractivity contribution in [2.45, 2.75) is 20.8 Å². The predicted octanol–water partition coefficient (Wildman–Crippen LogP) is 5.10. The molecule has 1 amide bonds. The Kier molecular flexibility index (Phi) is 6.90. The normalized spacial score (nSPS) is 10.7. The van der Waals surface area contributed by atoms with Crippen molar-refractivity contribution in [3.63, 3.8) is 0 Å². The van der Waals surface area contributed by atoms with Gasteiger partial charge in [0.25, 0.3) is 0 Å². The van der Waals surface area contributed by atoms with Crippen LogP contribution >= 0.6 is 11.6 Å². The van der Waals surface area contributed by atoms with Crippen LogP contribution in [0.4, 0.5) is 5.69 Å². The molecular weight excluding hydrogens is 338 g/mol. The van der Waals surface area contributed by atoms with Crippen LogP contribution in [0.1, 0.15) is 25.0 Å². The number of hydrogen-bond acceptors (Lipinski definition) is 3. The van der Waals surface area contributed by atoms with Gasteiger partial charge in [0, 0.05) is 16.8 Å². The Bertz CT molecular complexity index is 772. The van der Waals surface area contributed by atoms with Crippen LogP contribution in [0, 0.1) is 6.92 Å². The number of ether oxygens (including phenoxy) is 2. The lowest BCUT2D eigenvalue weighted by atomic mass is 10.1. The lowest BCUT2D eigenvalue weighted by molar-refractivity contribution is -0.111. The molecule has 0 saturated carbocycles. The number of benzene rings is 2. The molecule has 0 heterocycles. The zero-order chi connectivity index (χ0) is 18.2. The molecule has 0 fully saturated rings. The third kappa shape index (κ3) is 5.54. The molecule has 0 bridgehead atoms. The van der Waals surface area contributed by atoms with E-state index in [9.17, 15) is 4.79 Å². The fourth-order valence-electron chi connectivity index (χ4n) is 2.29. The molecule has 1 N–H and O–H groups in total. The van der Waals surface area contributed by atoms with Crippen LogP contribution in [0.3, 0.4) is 0 Å². The van der Waals surface area contributed by atoms with Crippen molar-refractivity contribution in [2.24, 2.45) is 0 Å². The van der Waals surface area contributed by atoms with Crippen LogP contribution in [0.25, 0.3) is 6.08 Å². The van der Waals surface area contributed by atoms with E-state index in [-0.39, 0.29) is 5.91 Å². The number of nitrogens with one attached hydrogen (secondary N) is 1. The van der Waals surface area contributed by atoms with Gasteiger partial charge in [0.15, 0.2) is 11.5 Å². The molecule has 132 valence electrons. The van der Waals surface area contributed by atoms with Crippen molar-refractivity contribution < 1.29 is 14.3 Å². The van der Waals surface area contributed by atoms with Crippen LogP contribution in [-0.4, -0.2) is 19.1 Å². The summed E-state index contributed by atoms with van der Waals surface area (Å²) >= 11 is 5.92. The van der Waals surface area contributed by atoms with Crippen molar-refractivity contribution in [3.05, 3.63) is 58.6 Å². The number of amides is 1. The van der Waals surface area contributed by atoms with Gasteiger partial charge in [0.05, 0.1) is 13.2 Å². The van der Waals surface area contributed by atoms with Crippen molar-refractivity contribution in [3.8, 4) is 11.5 Å². The van der Waals surface area contributed by atoms with Gasteiger partial charge in [-0.2, -0.15) is 0 Å². The number of carbonyl (C=O) groups excluding carboxylic acids is 1. The van der Waals surface area contributed by atoms with Gasteiger partial charge in [-0.25, -0.2) is 0 Å². The molecule has 2 aromatic carbocycles. The van der Waals surface area contributed by atoms with E-state index in [2.05, 4.69) is 5.32 Å². The first-order chi connectivity index (χ1) is 12.0. The summed E-state index contributed by atoms with van der Waals surface area (Å²) in [7, 11) is 0. The molecule has 0 aliphatic heterocycles. The highest BCUT2D eigenvalue weighted by Crippen LogP contribution is 2.29. The molecule has 0 unspecified atom stereocenters. The minimum absolute atomic E-state index is 0.211. The Morgan fingerprint density at radius 3 is 2.48 bits per heavy atom. The van der Waals surface area contributed by atoms with Gasteiger partial charge in [-0.05, 0) is 68.3 Å². The molecule has 0 aliphatic rings. The van der Waals surface area contributed by atoms with E-state index in [4.69, 9.17) is 21.1 Å². The first-order valence-corrected chi connectivity index (χ1v) is 8.56. The topological polar surface area (TPSA) is 47.6 Å². The van der Waals surface area contributed by atoms with Gasteiger partial charge in [-0.15, -0.1) is 0 Å². The standard InChI is InChI=1S/C20H22ClNO3/c1-4-24-18-10-6-15(13-19(18)25-5-2)7-11-20(23)22-17-9-8-16(21)12-14(17)3/h6-13H,4-5H2,1-3H3,(H,22,23). The highest BCUT2D eigenvalue weighted by molar-refractivity contribution is 6.30. The second-order valence-corrected chi connectivity index (χ2v) is 5.79. The third-order valence-corrected chi connectivity index (χ3v) is 3.68. The fraction of sp³-hybridized carbons (Fsp3) is 0.250. The zero-order valence-corrected chi connectivity index (χ0v) is 15.4. The molecule has 0 saturated heterocycles. The van der Waals surface area contributed by atoms with Gasteiger partial charge < -0.3 is 14.8 Å². The van der Waals surface area contributed by atoms with E-state index in [1.807, 2.05) is 45.0 Å². The van der Waals surface area contributed by atoms with Gasteiger partial charge in [-0.3, -0.25) is 4.79 Å². The van der Waals surface area contributed by atoms with Gasteiger partial charge in [0.1, 0.15) is 0 Å². The highest BCUT2D eigenvalue weighted by Gasteiger charge is 2.06. The van der Waals surface area contributed by atoms with Gasteiger partial charge in [-0.1, -0.05) is 17.7 Å². The molecule has 4 nitrogen and oxygen atoms in total. The molecule has 25 heavy (non-hydrogen) atoms. The maximum Gasteiger partial charge on any atom is 0.248 e. The Hall–Kier alpha value is -2.46. The monoisotopic (exact) mass is 359 g/mol. The summed E-state index contributed by atoms with van der Waals surface area (Å²) in [6.45, 7) is 6.85. The van der Waals surface area contributed by atoms with E-state index < -0.39 is 0 Å². The largest absolute Gasteiger partial charge is 0.490 e. The molecule has 2 rings (SSSR count). The van der Waals surface area contributed by atoms with Crippen molar-refractivity contribution in [1.29, 1.82) is 0 Å². The molecule has 0 aliphatic carbocycles. The second kappa shape index (κ2) is 9.14. The second-order valence-electron chi connectivity index (χ2n) is 5.35. The van der Waals surface area contributed by atoms with E-state index in [0.717, 1.165) is 16.8 Å². The Labute approximate surface area is 153 Å². The minimum Gasteiger partial charge on any atom is -0.490 e. The number of hydrogen-bond donors (Lipinski definition) is 1. The van der Waals surface area contributed by atoms with Crippen molar-refractivity contribution in [1.82, 2.24) is 0 Å². The SMILES string of the molecule is CCOc1ccc(C=CC(=O)Nc2ccc(Cl)cc2C)cc1OCC. The average Bonchev–Trinajstić information content (AvgIpc) is 2.58. The summed E-state index contributed by atoms with van der Waals surface area (Å²) in [5.74, 6) is 1.15. The first-order valence-electron chi connectivity index (χ1n) is 8.18. The quantitative estimate of drug-likeness (QED) is 0.700. The Morgan fingerprint density at radius 1 is 1.08 bits per heavy atom. The Morgan fingerprint density at radius 2 is 1.80 bits per heavy atom. The van der Waals surface area contributed by atoms with Crippen molar-refractivity contribution >= 4 is 29.3 Å². The van der Waals surface area contributed by atoms with Crippen LogP contribution in [0.15, 0.2) is 42.5 Å². The number of carbonyl (C=O) groups is 1. The lowest BCUT2D eigenvalue weighted by Crippen LogP contribution is -2.08. The molecule has 0 spiro atoms. The number of anilines is 1. The zero-order valence-electron chi connectivity index (χ0n) is 14.6. The van der Waals surface area contributed by atoms with Crippen molar-refractivity contribution in [2.75, 3.05) is 18.5 Å². The summed E-state index contributed by atoms with van der Waals surface area (Å²) < 4.78 is 11.1. The Balaban J connectivity index is 2.09. The van der Waals surface area contributed by atoms with Gasteiger partial charge >= 0.3 is 0 Å². The number of aryl methyl sites for hydroxylation is 1. The fourth-order valence-corrected chi connectivity index (χ4v) is 2.51. The van der Waals surface area contributed by atoms with Crippen LogP contribution in [-0.2, 0) is 4.79 Å². The smallest absolute Gasteiger partial charge is 0.248 e. The molecule has 5 heteroatoms. The number of halogens is 1. The molecule has 2 aromatic rings. The van der Waals surface area contributed by atoms with E-state index in [0.29, 0.717) is 29.7 Å².